The van der Waals surface area contributed by atoms with Crippen molar-refractivity contribution in [3.05, 3.63) is 10.1 Å². The van der Waals surface area contributed by atoms with E-state index in [2.05, 4.69) is 0 Å². The molecule has 1 aliphatic heterocycles. The van der Waals surface area contributed by atoms with E-state index in [-0.39, 0.29) is 0 Å². The van der Waals surface area contributed by atoms with Crippen molar-refractivity contribution >= 4 is 9.84 Å². The molecule has 6 nitrogen and oxygen atoms in total. The van der Waals surface area contributed by atoms with Crippen LogP contribution in [0.25, 0.3) is 0 Å². The van der Waals surface area contributed by atoms with Crippen LogP contribution in [0.3, 0.4) is 0 Å². The second-order valence-electron chi connectivity index (χ2n) is 2.50. The highest BCUT2D eigenvalue weighted by atomic mass is 32.2. The Labute approximate surface area is 62.9 Å². The van der Waals surface area contributed by atoms with Gasteiger partial charge in [-0.1, -0.05) is 0 Å². The van der Waals surface area contributed by atoms with Crippen LogP contribution in [0.5, 0.6) is 0 Å². The van der Waals surface area contributed by atoms with Crippen LogP contribution >= 0.6 is 0 Å². The fraction of sp³-hybridized carbons (Fsp3) is 1.00. The van der Waals surface area contributed by atoms with E-state index in [1.165, 1.54) is 0 Å². The topological polar surface area (TPSA) is 97.5 Å². The van der Waals surface area contributed by atoms with E-state index < -0.39 is 38.4 Å². The molecule has 0 radical (unpaired) electrons. The Bertz CT molecular complexity index is 270. The summed E-state index contributed by atoms with van der Waals surface area (Å²) in [6.45, 7) is 0. The zero-order chi connectivity index (χ0) is 8.65. The summed E-state index contributed by atoms with van der Waals surface area (Å²) in [5.41, 5.74) is 0. The molecule has 7 heteroatoms. The Morgan fingerprint density at radius 1 is 1.45 bits per heavy atom. The molecule has 0 bridgehead atoms. The maximum Gasteiger partial charge on any atom is 0.253 e. The van der Waals surface area contributed by atoms with E-state index in [4.69, 9.17) is 5.11 Å². The predicted molar refractivity (Wildman–Crippen MR) is 35.4 cm³/mol. The number of aliphatic hydroxyl groups excluding tert-OH is 1. The summed E-state index contributed by atoms with van der Waals surface area (Å²) in [7, 11) is -3.38. The highest BCUT2D eigenvalue weighted by Gasteiger charge is 2.44. The molecule has 0 aromatic rings. The van der Waals surface area contributed by atoms with Crippen molar-refractivity contribution in [3.8, 4) is 0 Å². The molecule has 0 unspecified atom stereocenters. The molecule has 0 aromatic carbocycles. The van der Waals surface area contributed by atoms with Crippen molar-refractivity contribution in [2.75, 3.05) is 11.5 Å². The normalized spacial score (nSPS) is 35.4. The molecule has 1 N–H and O–H groups in total. The Hall–Kier alpha value is -0.690. The summed E-state index contributed by atoms with van der Waals surface area (Å²) >= 11 is 0. The van der Waals surface area contributed by atoms with Crippen LogP contribution in [0.15, 0.2) is 0 Å². The van der Waals surface area contributed by atoms with Crippen molar-refractivity contribution in [1.82, 2.24) is 0 Å². The number of nitro groups is 1. The minimum absolute atomic E-state index is 0.487. The lowest BCUT2D eigenvalue weighted by Gasteiger charge is -2.01. The zero-order valence-electron chi connectivity index (χ0n) is 5.50. The average Bonchev–Trinajstić information content (AvgIpc) is 2.05. The third kappa shape index (κ3) is 1.66. The van der Waals surface area contributed by atoms with Gasteiger partial charge in [-0.15, -0.1) is 0 Å². The molecule has 0 amide bonds. The molecular weight excluding hydrogens is 174 g/mol. The third-order valence-electron chi connectivity index (χ3n) is 1.56. The lowest BCUT2D eigenvalue weighted by molar-refractivity contribution is -0.525. The highest BCUT2D eigenvalue weighted by Crippen LogP contribution is 2.14. The first kappa shape index (κ1) is 8.41. The van der Waals surface area contributed by atoms with Gasteiger partial charge in [-0.25, -0.2) is 8.42 Å². The van der Waals surface area contributed by atoms with Gasteiger partial charge in [0.05, 0.1) is 5.75 Å². The standard InChI is InChI=1S/C4H7NO5S/c6-4-2-11(9,10)1-3(4)5(7)8/h3-4,6H,1-2H2/t3-,4+/m0/s1. The van der Waals surface area contributed by atoms with Crippen molar-refractivity contribution in [2.45, 2.75) is 12.1 Å². The van der Waals surface area contributed by atoms with Crippen LogP contribution in [0.2, 0.25) is 0 Å². The first-order valence-corrected chi connectivity index (χ1v) is 4.76. The second-order valence-corrected chi connectivity index (χ2v) is 4.65. The van der Waals surface area contributed by atoms with E-state index in [9.17, 15) is 18.5 Å². The molecule has 2 atom stereocenters. The van der Waals surface area contributed by atoms with E-state index in [1.807, 2.05) is 0 Å². The summed E-state index contributed by atoms with van der Waals surface area (Å²) in [5.74, 6) is -1.03. The van der Waals surface area contributed by atoms with Gasteiger partial charge in [-0.2, -0.15) is 0 Å². The van der Waals surface area contributed by atoms with Gasteiger partial charge in [0.25, 0.3) is 6.04 Å². The van der Waals surface area contributed by atoms with Gasteiger partial charge in [-0.05, 0) is 0 Å². The SMILES string of the molecule is O=[N+]([O-])[C@H]1CS(=O)(=O)C[C@H]1O. The van der Waals surface area contributed by atoms with Crippen LogP contribution < -0.4 is 0 Å². The maximum absolute atomic E-state index is 10.7. The largest absolute Gasteiger partial charge is 0.385 e. The fourth-order valence-electron chi connectivity index (χ4n) is 1.01. The predicted octanol–water partition coefficient (Wildman–Crippen LogP) is -1.58. The van der Waals surface area contributed by atoms with Crippen molar-refractivity contribution < 1.29 is 18.4 Å². The Morgan fingerprint density at radius 2 is 2.00 bits per heavy atom. The van der Waals surface area contributed by atoms with Gasteiger partial charge in [-0.3, -0.25) is 10.1 Å². The molecule has 0 saturated carbocycles. The minimum Gasteiger partial charge on any atom is -0.385 e. The number of nitrogens with zero attached hydrogens (tertiary/aromatic N) is 1. The lowest BCUT2D eigenvalue weighted by Crippen LogP contribution is -2.31. The molecule has 1 aliphatic rings. The van der Waals surface area contributed by atoms with Gasteiger partial charge in [0.1, 0.15) is 11.9 Å². The Kier molecular flexibility index (Phi) is 1.85. The summed E-state index contributed by atoms with van der Waals surface area (Å²) in [6.07, 6.45) is -1.34. The summed E-state index contributed by atoms with van der Waals surface area (Å²) in [5, 5.41) is 19.0. The van der Waals surface area contributed by atoms with Crippen molar-refractivity contribution in [3.63, 3.8) is 0 Å². The molecule has 1 heterocycles. The molecule has 1 saturated heterocycles. The van der Waals surface area contributed by atoms with E-state index in [0.29, 0.717) is 0 Å². The van der Waals surface area contributed by atoms with Gasteiger partial charge < -0.3 is 5.11 Å². The van der Waals surface area contributed by atoms with Crippen LogP contribution in [0.1, 0.15) is 0 Å². The van der Waals surface area contributed by atoms with Gasteiger partial charge in [0.15, 0.2) is 9.84 Å². The smallest absolute Gasteiger partial charge is 0.253 e. The molecule has 1 rings (SSSR count). The van der Waals surface area contributed by atoms with E-state index in [1.54, 1.807) is 0 Å². The second kappa shape index (κ2) is 2.42. The van der Waals surface area contributed by atoms with Crippen molar-refractivity contribution in [1.29, 1.82) is 0 Å². The zero-order valence-corrected chi connectivity index (χ0v) is 6.32. The molecule has 0 aromatic heterocycles. The van der Waals surface area contributed by atoms with Crippen molar-refractivity contribution in [2.24, 2.45) is 0 Å². The number of hydrogen-bond acceptors (Lipinski definition) is 5. The Balaban J connectivity index is 2.83. The molecule has 0 spiro atoms. The first-order chi connectivity index (χ1) is 4.92. The molecular formula is C4H7NO5S. The molecule has 11 heavy (non-hydrogen) atoms. The van der Waals surface area contributed by atoms with Gasteiger partial charge >= 0.3 is 0 Å². The number of sulfone groups is 1. The summed E-state index contributed by atoms with van der Waals surface area (Å²) < 4.78 is 21.4. The summed E-state index contributed by atoms with van der Waals surface area (Å²) in [6, 6.07) is -1.33. The van der Waals surface area contributed by atoms with Crippen LogP contribution in [0, 0.1) is 10.1 Å². The first-order valence-electron chi connectivity index (χ1n) is 2.94. The number of rotatable bonds is 1. The van der Waals surface area contributed by atoms with Crippen LogP contribution in [-0.2, 0) is 9.84 Å². The molecule has 1 fully saturated rings. The average molecular weight is 181 g/mol. The number of hydrogen-bond donors (Lipinski definition) is 1. The fourth-order valence-corrected chi connectivity index (χ4v) is 2.75. The van der Waals surface area contributed by atoms with E-state index >= 15 is 0 Å². The Morgan fingerprint density at radius 3 is 2.18 bits per heavy atom. The number of aliphatic hydroxyl groups is 1. The molecule has 0 aliphatic carbocycles. The van der Waals surface area contributed by atoms with E-state index in [0.717, 1.165) is 0 Å². The maximum atomic E-state index is 10.7. The molecule has 64 valence electrons. The van der Waals surface area contributed by atoms with Crippen LogP contribution in [0.4, 0.5) is 0 Å². The highest BCUT2D eigenvalue weighted by molar-refractivity contribution is 7.91. The lowest BCUT2D eigenvalue weighted by atomic mass is 10.2. The quantitative estimate of drug-likeness (QED) is 0.389. The summed E-state index contributed by atoms with van der Waals surface area (Å²) in [4.78, 5) is 9.33. The monoisotopic (exact) mass is 181 g/mol. The minimum atomic E-state index is -3.38. The van der Waals surface area contributed by atoms with Gasteiger partial charge in [0.2, 0.25) is 0 Å². The van der Waals surface area contributed by atoms with Crippen LogP contribution in [-0.4, -0.2) is 42.1 Å². The van der Waals surface area contributed by atoms with Gasteiger partial charge in [0, 0.05) is 4.92 Å². The third-order valence-corrected chi connectivity index (χ3v) is 3.26.